The van der Waals surface area contributed by atoms with E-state index in [1.54, 1.807) is 30.3 Å². The average molecular weight is 341 g/mol. The smallest absolute Gasteiger partial charge is 0.335 e. The van der Waals surface area contributed by atoms with Crippen molar-refractivity contribution in [2.75, 3.05) is 29.0 Å². The van der Waals surface area contributed by atoms with Crippen LogP contribution >= 0.6 is 0 Å². The lowest BCUT2D eigenvalue weighted by atomic mass is 10.1. The minimum atomic E-state index is -1.01. The van der Waals surface area contributed by atoms with Gasteiger partial charge in [0.1, 0.15) is 11.9 Å². The van der Waals surface area contributed by atoms with Crippen molar-refractivity contribution < 1.29 is 19.4 Å². The lowest BCUT2D eigenvalue weighted by Gasteiger charge is -2.34. The van der Waals surface area contributed by atoms with E-state index in [-0.39, 0.29) is 24.1 Å². The first-order valence-corrected chi connectivity index (χ1v) is 7.86. The standard InChI is InChI=1S/C18H19N3O4/c1-11-9-21(15-8-13(19)4-7-16(15)25-11)10-17(22)20-14-5-2-12(3-6-14)18(23)24/h2-8,11H,9-10,19H2,1H3,(H,20,22)(H,23,24). The number of carboxylic acids is 1. The molecule has 2 aromatic rings. The van der Waals surface area contributed by atoms with Crippen molar-refractivity contribution in [3.63, 3.8) is 0 Å². The Morgan fingerprint density at radius 1 is 1.28 bits per heavy atom. The number of hydrogen-bond donors (Lipinski definition) is 3. The van der Waals surface area contributed by atoms with Gasteiger partial charge in [-0.25, -0.2) is 4.79 Å². The second kappa shape index (κ2) is 6.72. The van der Waals surface area contributed by atoms with E-state index in [1.807, 2.05) is 11.8 Å². The van der Waals surface area contributed by atoms with E-state index >= 15 is 0 Å². The molecule has 0 aromatic heterocycles. The van der Waals surface area contributed by atoms with Crippen LogP contribution in [0.4, 0.5) is 17.1 Å². The van der Waals surface area contributed by atoms with Crippen LogP contribution in [0.2, 0.25) is 0 Å². The molecule has 130 valence electrons. The molecule has 0 bridgehead atoms. The summed E-state index contributed by atoms with van der Waals surface area (Å²) in [5, 5.41) is 11.7. The number of rotatable bonds is 4. The third-order valence-corrected chi connectivity index (χ3v) is 3.88. The lowest BCUT2D eigenvalue weighted by molar-refractivity contribution is -0.115. The molecule has 1 heterocycles. The minimum absolute atomic E-state index is 0.0428. The summed E-state index contributed by atoms with van der Waals surface area (Å²) in [5.74, 6) is -0.508. The molecule has 2 aromatic carbocycles. The van der Waals surface area contributed by atoms with Crippen LogP contribution in [0, 0.1) is 0 Å². The molecule has 1 amide bonds. The fourth-order valence-corrected chi connectivity index (χ4v) is 2.76. The van der Waals surface area contributed by atoms with Crippen molar-refractivity contribution in [3.8, 4) is 5.75 Å². The maximum absolute atomic E-state index is 12.4. The number of carboxylic acid groups (broad SMARTS) is 1. The Balaban J connectivity index is 1.70. The summed E-state index contributed by atoms with van der Waals surface area (Å²) in [4.78, 5) is 25.1. The van der Waals surface area contributed by atoms with E-state index in [2.05, 4.69) is 5.32 Å². The number of nitrogens with one attached hydrogen (secondary N) is 1. The Bertz CT molecular complexity index is 804. The second-order valence-corrected chi connectivity index (χ2v) is 5.97. The number of hydrogen-bond acceptors (Lipinski definition) is 5. The van der Waals surface area contributed by atoms with Crippen LogP contribution in [0.1, 0.15) is 17.3 Å². The molecule has 0 fully saturated rings. The molecule has 3 rings (SSSR count). The Kier molecular flexibility index (Phi) is 4.47. The zero-order valence-corrected chi connectivity index (χ0v) is 13.7. The Morgan fingerprint density at radius 2 is 2.00 bits per heavy atom. The number of aromatic carboxylic acids is 1. The summed E-state index contributed by atoms with van der Waals surface area (Å²) in [5.41, 5.74) is 7.95. The topological polar surface area (TPSA) is 105 Å². The van der Waals surface area contributed by atoms with Gasteiger partial charge < -0.3 is 25.8 Å². The number of amides is 1. The van der Waals surface area contributed by atoms with Crippen molar-refractivity contribution in [2.24, 2.45) is 0 Å². The zero-order chi connectivity index (χ0) is 18.0. The van der Waals surface area contributed by atoms with Crippen molar-refractivity contribution in [1.82, 2.24) is 0 Å². The first-order valence-electron chi connectivity index (χ1n) is 7.86. The predicted octanol–water partition coefficient (Wildman–Crippen LogP) is 2.19. The van der Waals surface area contributed by atoms with Crippen LogP contribution in [-0.4, -0.2) is 36.2 Å². The van der Waals surface area contributed by atoms with Crippen LogP contribution in [0.25, 0.3) is 0 Å². The third-order valence-electron chi connectivity index (χ3n) is 3.88. The summed E-state index contributed by atoms with van der Waals surface area (Å²) >= 11 is 0. The molecule has 0 aliphatic carbocycles. The highest BCUT2D eigenvalue weighted by molar-refractivity contribution is 5.95. The van der Waals surface area contributed by atoms with Gasteiger partial charge in [-0.1, -0.05) is 0 Å². The van der Waals surface area contributed by atoms with Crippen LogP contribution in [0.15, 0.2) is 42.5 Å². The molecule has 25 heavy (non-hydrogen) atoms. The van der Waals surface area contributed by atoms with Crippen molar-refractivity contribution >= 4 is 28.9 Å². The summed E-state index contributed by atoms with van der Waals surface area (Å²) < 4.78 is 5.77. The monoisotopic (exact) mass is 341 g/mol. The van der Waals surface area contributed by atoms with Gasteiger partial charge in [-0.05, 0) is 49.4 Å². The molecular weight excluding hydrogens is 322 g/mol. The largest absolute Gasteiger partial charge is 0.487 e. The van der Waals surface area contributed by atoms with Crippen LogP contribution < -0.4 is 20.7 Å². The van der Waals surface area contributed by atoms with Crippen molar-refractivity contribution in [3.05, 3.63) is 48.0 Å². The first-order chi connectivity index (χ1) is 11.9. The molecule has 1 unspecified atom stereocenters. The number of anilines is 3. The molecule has 1 atom stereocenters. The fraction of sp³-hybridized carbons (Fsp3) is 0.222. The normalized spacial score (nSPS) is 15.9. The number of nitrogens with zero attached hydrogens (tertiary/aromatic N) is 1. The number of carbonyl (C=O) groups excluding carboxylic acids is 1. The maximum Gasteiger partial charge on any atom is 0.335 e. The fourth-order valence-electron chi connectivity index (χ4n) is 2.76. The summed E-state index contributed by atoms with van der Waals surface area (Å²) in [6.45, 7) is 2.65. The molecule has 0 saturated carbocycles. The SMILES string of the molecule is CC1CN(CC(=O)Nc2ccc(C(=O)O)cc2)c2cc(N)ccc2O1. The van der Waals surface area contributed by atoms with Gasteiger partial charge in [-0.15, -0.1) is 0 Å². The van der Waals surface area contributed by atoms with E-state index in [0.29, 0.717) is 23.7 Å². The summed E-state index contributed by atoms with van der Waals surface area (Å²) in [6.07, 6.45) is -0.0428. The van der Waals surface area contributed by atoms with Gasteiger partial charge in [0.05, 0.1) is 24.3 Å². The number of nitrogen functional groups attached to an aromatic ring is 1. The lowest BCUT2D eigenvalue weighted by Crippen LogP contribution is -2.42. The molecule has 7 nitrogen and oxygen atoms in total. The molecule has 1 aliphatic rings. The highest BCUT2D eigenvalue weighted by atomic mass is 16.5. The Labute approximate surface area is 145 Å². The molecule has 0 spiro atoms. The summed E-state index contributed by atoms with van der Waals surface area (Å²) in [6, 6.07) is 11.4. The van der Waals surface area contributed by atoms with E-state index in [1.165, 1.54) is 12.1 Å². The van der Waals surface area contributed by atoms with E-state index in [4.69, 9.17) is 15.6 Å². The van der Waals surface area contributed by atoms with Gasteiger partial charge in [0.25, 0.3) is 0 Å². The van der Waals surface area contributed by atoms with E-state index in [9.17, 15) is 9.59 Å². The second-order valence-electron chi connectivity index (χ2n) is 5.97. The maximum atomic E-state index is 12.4. The summed E-state index contributed by atoms with van der Waals surface area (Å²) in [7, 11) is 0. The van der Waals surface area contributed by atoms with E-state index in [0.717, 1.165) is 5.69 Å². The Morgan fingerprint density at radius 3 is 2.68 bits per heavy atom. The third kappa shape index (κ3) is 3.82. The highest BCUT2D eigenvalue weighted by Gasteiger charge is 2.24. The molecule has 0 saturated heterocycles. The van der Waals surface area contributed by atoms with Crippen LogP contribution in [-0.2, 0) is 4.79 Å². The van der Waals surface area contributed by atoms with Gasteiger partial charge in [-0.2, -0.15) is 0 Å². The minimum Gasteiger partial charge on any atom is -0.487 e. The van der Waals surface area contributed by atoms with Crippen molar-refractivity contribution in [1.29, 1.82) is 0 Å². The molecular formula is C18H19N3O4. The highest BCUT2D eigenvalue weighted by Crippen LogP contribution is 2.34. The number of carbonyl (C=O) groups is 2. The quantitative estimate of drug-likeness (QED) is 0.736. The molecule has 4 N–H and O–H groups in total. The first kappa shape index (κ1) is 16.6. The number of benzene rings is 2. The van der Waals surface area contributed by atoms with Gasteiger partial charge >= 0.3 is 5.97 Å². The predicted molar refractivity (Wildman–Crippen MR) is 95.2 cm³/mol. The van der Waals surface area contributed by atoms with Crippen molar-refractivity contribution in [2.45, 2.75) is 13.0 Å². The van der Waals surface area contributed by atoms with Gasteiger partial charge in [0.2, 0.25) is 5.91 Å². The van der Waals surface area contributed by atoms with Gasteiger partial charge in [0.15, 0.2) is 0 Å². The Hall–Kier alpha value is -3.22. The number of ether oxygens (including phenoxy) is 1. The van der Waals surface area contributed by atoms with Gasteiger partial charge in [0, 0.05) is 11.4 Å². The van der Waals surface area contributed by atoms with Gasteiger partial charge in [-0.3, -0.25) is 4.79 Å². The zero-order valence-electron chi connectivity index (χ0n) is 13.7. The molecule has 0 radical (unpaired) electrons. The number of nitrogens with two attached hydrogens (primary N) is 1. The van der Waals surface area contributed by atoms with Crippen LogP contribution in [0.5, 0.6) is 5.75 Å². The average Bonchev–Trinajstić information content (AvgIpc) is 2.56. The van der Waals surface area contributed by atoms with E-state index < -0.39 is 5.97 Å². The molecule has 1 aliphatic heterocycles. The van der Waals surface area contributed by atoms with Crippen LogP contribution in [0.3, 0.4) is 0 Å². The molecule has 7 heteroatoms. The number of fused-ring (bicyclic) bond motifs is 1.